The molecule has 6 heteroatoms. The Labute approximate surface area is 146 Å². The third kappa shape index (κ3) is 3.01. The molecule has 2 heterocycles. The van der Waals surface area contributed by atoms with E-state index in [9.17, 15) is 9.18 Å². The first-order valence-corrected chi connectivity index (χ1v) is 8.84. The van der Waals surface area contributed by atoms with Crippen molar-refractivity contribution < 1.29 is 13.9 Å². The van der Waals surface area contributed by atoms with Crippen LogP contribution in [0.3, 0.4) is 0 Å². The largest absolute Gasteiger partial charge is 0.497 e. The van der Waals surface area contributed by atoms with Gasteiger partial charge in [-0.3, -0.25) is 4.79 Å². The molecule has 4 rings (SSSR count). The molecule has 1 aromatic heterocycles. The quantitative estimate of drug-likeness (QED) is 0.924. The Hall–Kier alpha value is -2.37. The van der Waals surface area contributed by atoms with Crippen molar-refractivity contribution in [3.8, 4) is 17.0 Å². The highest BCUT2D eigenvalue weighted by Gasteiger charge is 2.37. The van der Waals surface area contributed by atoms with Crippen LogP contribution in [0.1, 0.15) is 43.8 Å². The van der Waals surface area contributed by atoms with E-state index in [1.807, 2.05) is 4.90 Å². The number of hydrogen-bond acceptors (Lipinski definition) is 3. The summed E-state index contributed by atoms with van der Waals surface area (Å²) in [4.78, 5) is 22.0. The summed E-state index contributed by atoms with van der Waals surface area (Å²) in [6.45, 7) is 0.710. The van der Waals surface area contributed by atoms with Crippen LogP contribution in [0.2, 0.25) is 0 Å². The number of aromatic amines is 1. The van der Waals surface area contributed by atoms with Gasteiger partial charge in [0.1, 0.15) is 17.4 Å². The number of carbonyl (C=O) groups is 1. The normalized spacial score (nSPS) is 21.3. The van der Waals surface area contributed by atoms with E-state index in [0.29, 0.717) is 36.0 Å². The lowest BCUT2D eigenvalue weighted by Gasteiger charge is -2.23. The van der Waals surface area contributed by atoms with Gasteiger partial charge in [0.2, 0.25) is 5.91 Å². The standard InChI is InChI=1S/C19H22FN3O2/c1-25-14-6-7-15(16(20)9-14)17-10-21-19(22-17)12-8-18(24)23(11-12)13-4-2-3-5-13/h6-7,9-10,12-13H,2-5,8,11H2,1H3,(H,21,22)/t12-/m0/s1. The van der Waals surface area contributed by atoms with Crippen LogP contribution < -0.4 is 4.74 Å². The second-order valence-electron chi connectivity index (χ2n) is 6.91. The molecular weight excluding hydrogens is 321 g/mol. The number of carbonyl (C=O) groups excluding carboxylic acids is 1. The van der Waals surface area contributed by atoms with E-state index < -0.39 is 0 Å². The molecule has 1 saturated carbocycles. The number of H-pyrrole nitrogens is 1. The summed E-state index contributed by atoms with van der Waals surface area (Å²) in [5.74, 6) is 1.16. The molecule has 0 bridgehead atoms. The van der Waals surface area contributed by atoms with Crippen molar-refractivity contribution in [1.82, 2.24) is 14.9 Å². The SMILES string of the molecule is COc1ccc(-c2cnc([C@H]3CC(=O)N(C4CCCC4)C3)[nH]2)c(F)c1. The van der Waals surface area contributed by atoms with E-state index in [4.69, 9.17) is 4.74 Å². The Kier molecular flexibility index (Phi) is 4.19. The number of imidazole rings is 1. The first-order chi connectivity index (χ1) is 12.2. The Morgan fingerprint density at radius 3 is 2.84 bits per heavy atom. The van der Waals surface area contributed by atoms with Gasteiger partial charge in [0.25, 0.3) is 0 Å². The van der Waals surface area contributed by atoms with Crippen LogP contribution in [0.5, 0.6) is 5.75 Å². The fraction of sp³-hybridized carbons (Fsp3) is 0.474. The van der Waals surface area contributed by atoms with Crippen LogP contribution >= 0.6 is 0 Å². The van der Waals surface area contributed by atoms with Crippen molar-refractivity contribution in [2.45, 2.75) is 44.1 Å². The Morgan fingerprint density at radius 1 is 1.32 bits per heavy atom. The van der Waals surface area contributed by atoms with E-state index >= 15 is 0 Å². The van der Waals surface area contributed by atoms with Crippen molar-refractivity contribution >= 4 is 5.91 Å². The number of aromatic nitrogens is 2. The van der Waals surface area contributed by atoms with Crippen LogP contribution in [0.25, 0.3) is 11.3 Å². The van der Waals surface area contributed by atoms with Gasteiger partial charge in [0.05, 0.1) is 19.0 Å². The van der Waals surface area contributed by atoms with E-state index in [0.717, 1.165) is 18.7 Å². The van der Waals surface area contributed by atoms with Crippen LogP contribution in [0, 0.1) is 5.82 Å². The molecule has 2 aliphatic rings. The van der Waals surface area contributed by atoms with Gasteiger partial charge in [0.15, 0.2) is 0 Å². The van der Waals surface area contributed by atoms with E-state index in [1.165, 1.54) is 26.0 Å². The summed E-state index contributed by atoms with van der Waals surface area (Å²) >= 11 is 0. The van der Waals surface area contributed by atoms with Crippen molar-refractivity contribution in [2.75, 3.05) is 13.7 Å². The molecule has 0 radical (unpaired) electrons. The number of amides is 1. The lowest BCUT2D eigenvalue weighted by atomic mass is 10.1. The molecule has 2 fully saturated rings. The van der Waals surface area contributed by atoms with Gasteiger partial charge in [0, 0.05) is 36.6 Å². The number of hydrogen-bond donors (Lipinski definition) is 1. The molecule has 25 heavy (non-hydrogen) atoms. The second kappa shape index (κ2) is 6.50. The minimum atomic E-state index is -0.357. The van der Waals surface area contributed by atoms with Crippen molar-refractivity contribution in [3.63, 3.8) is 0 Å². The van der Waals surface area contributed by atoms with E-state index in [2.05, 4.69) is 9.97 Å². The van der Waals surface area contributed by atoms with Gasteiger partial charge in [-0.15, -0.1) is 0 Å². The van der Waals surface area contributed by atoms with Crippen LogP contribution in [0.4, 0.5) is 4.39 Å². The maximum Gasteiger partial charge on any atom is 0.223 e. The van der Waals surface area contributed by atoms with Gasteiger partial charge in [-0.25, -0.2) is 9.37 Å². The van der Waals surface area contributed by atoms with Gasteiger partial charge in [-0.1, -0.05) is 12.8 Å². The maximum atomic E-state index is 14.2. The highest BCUT2D eigenvalue weighted by molar-refractivity contribution is 5.80. The molecule has 2 aromatic rings. The monoisotopic (exact) mass is 343 g/mol. The smallest absolute Gasteiger partial charge is 0.223 e. The van der Waals surface area contributed by atoms with Gasteiger partial charge < -0.3 is 14.6 Å². The molecule has 1 aliphatic heterocycles. The molecule has 1 atom stereocenters. The molecule has 0 spiro atoms. The first kappa shape index (κ1) is 16.1. The number of ether oxygens (including phenoxy) is 1. The Balaban J connectivity index is 1.53. The zero-order valence-corrected chi connectivity index (χ0v) is 14.3. The minimum Gasteiger partial charge on any atom is -0.497 e. The maximum absolute atomic E-state index is 14.2. The Morgan fingerprint density at radius 2 is 2.12 bits per heavy atom. The predicted molar refractivity (Wildman–Crippen MR) is 91.9 cm³/mol. The molecule has 1 N–H and O–H groups in total. The fourth-order valence-electron chi connectivity index (χ4n) is 4.01. The third-order valence-electron chi connectivity index (χ3n) is 5.37. The summed E-state index contributed by atoms with van der Waals surface area (Å²) in [7, 11) is 1.51. The van der Waals surface area contributed by atoms with Gasteiger partial charge >= 0.3 is 0 Å². The molecule has 1 saturated heterocycles. The number of benzene rings is 1. The van der Waals surface area contributed by atoms with Crippen LogP contribution in [0.15, 0.2) is 24.4 Å². The molecular formula is C19H22FN3O2. The van der Waals surface area contributed by atoms with Crippen LogP contribution in [-0.2, 0) is 4.79 Å². The summed E-state index contributed by atoms with van der Waals surface area (Å²) in [6.07, 6.45) is 6.76. The van der Waals surface area contributed by atoms with Crippen LogP contribution in [-0.4, -0.2) is 40.5 Å². The Bertz CT molecular complexity index is 783. The number of nitrogens with one attached hydrogen (secondary N) is 1. The molecule has 1 aromatic carbocycles. The highest BCUT2D eigenvalue weighted by Crippen LogP contribution is 2.34. The average molecular weight is 343 g/mol. The van der Waals surface area contributed by atoms with E-state index in [1.54, 1.807) is 18.3 Å². The number of likely N-dealkylation sites (tertiary alicyclic amines) is 1. The van der Waals surface area contributed by atoms with Crippen molar-refractivity contribution in [2.24, 2.45) is 0 Å². The summed E-state index contributed by atoms with van der Waals surface area (Å²) in [5, 5.41) is 0. The van der Waals surface area contributed by atoms with Gasteiger partial charge in [-0.2, -0.15) is 0 Å². The predicted octanol–water partition coefficient (Wildman–Crippen LogP) is 3.48. The number of nitrogens with zero attached hydrogens (tertiary/aromatic N) is 2. The number of methoxy groups -OCH3 is 1. The minimum absolute atomic E-state index is 0.0585. The van der Waals surface area contributed by atoms with Gasteiger partial charge in [-0.05, 0) is 25.0 Å². The van der Waals surface area contributed by atoms with Crippen molar-refractivity contribution in [3.05, 3.63) is 36.0 Å². The lowest BCUT2D eigenvalue weighted by Crippen LogP contribution is -2.34. The average Bonchev–Trinajstić information content (AvgIpc) is 3.34. The zero-order chi connectivity index (χ0) is 17.4. The summed E-state index contributed by atoms with van der Waals surface area (Å²) < 4.78 is 19.3. The first-order valence-electron chi connectivity index (χ1n) is 8.84. The third-order valence-corrected chi connectivity index (χ3v) is 5.37. The van der Waals surface area contributed by atoms with Crippen molar-refractivity contribution in [1.29, 1.82) is 0 Å². The lowest BCUT2D eigenvalue weighted by molar-refractivity contribution is -0.129. The molecule has 1 amide bonds. The molecule has 5 nitrogen and oxygen atoms in total. The molecule has 1 aliphatic carbocycles. The summed E-state index contributed by atoms with van der Waals surface area (Å²) in [6, 6.07) is 5.15. The topological polar surface area (TPSA) is 58.2 Å². The molecule has 0 unspecified atom stereocenters. The number of rotatable bonds is 4. The zero-order valence-electron chi connectivity index (χ0n) is 14.3. The number of halogens is 1. The highest BCUT2D eigenvalue weighted by atomic mass is 19.1. The fourth-order valence-corrected chi connectivity index (χ4v) is 4.01. The summed E-state index contributed by atoms with van der Waals surface area (Å²) in [5.41, 5.74) is 1.08. The van der Waals surface area contributed by atoms with E-state index in [-0.39, 0.29) is 17.6 Å². The second-order valence-corrected chi connectivity index (χ2v) is 6.91. The molecule has 132 valence electrons.